The van der Waals surface area contributed by atoms with Crippen molar-refractivity contribution in [3.05, 3.63) is 57.1 Å². The molecule has 0 fully saturated rings. The topological polar surface area (TPSA) is 53.5 Å². The highest BCUT2D eigenvalue weighted by atomic mass is 32.9. The molecule has 0 unspecified atom stereocenters. The standard InChI is InChI=1S/C23H25N3OS2/c1-6-19(27)24-15-8-7-9-16(12-15)25-22-20-17-10-13(2)14(3)11-18(17)26-23(4,5)21(20)28-29-22/h7-12,26H,6H2,1-5H3,(H,24,27). The smallest absolute Gasteiger partial charge is 0.224 e. The van der Waals surface area contributed by atoms with E-state index in [1.54, 1.807) is 20.7 Å². The van der Waals surface area contributed by atoms with Gasteiger partial charge in [-0.05, 0) is 69.2 Å². The van der Waals surface area contributed by atoms with Crippen molar-refractivity contribution in [2.24, 2.45) is 4.99 Å². The van der Waals surface area contributed by atoms with Gasteiger partial charge in [0.1, 0.15) is 4.67 Å². The van der Waals surface area contributed by atoms with E-state index in [2.05, 4.69) is 50.5 Å². The molecule has 0 bridgehead atoms. The van der Waals surface area contributed by atoms with E-state index in [4.69, 9.17) is 4.99 Å². The Morgan fingerprint density at radius 2 is 1.90 bits per heavy atom. The molecular weight excluding hydrogens is 398 g/mol. The van der Waals surface area contributed by atoms with Crippen LogP contribution in [0.25, 0.3) is 11.1 Å². The molecule has 4 rings (SSSR count). The van der Waals surface area contributed by atoms with Crippen LogP contribution < -0.4 is 15.3 Å². The van der Waals surface area contributed by atoms with Crippen LogP contribution in [0, 0.1) is 13.8 Å². The lowest BCUT2D eigenvalue weighted by atomic mass is 9.88. The third kappa shape index (κ3) is 3.74. The fourth-order valence-electron chi connectivity index (χ4n) is 3.53. The van der Waals surface area contributed by atoms with Crippen molar-refractivity contribution < 1.29 is 4.79 Å². The van der Waals surface area contributed by atoms with Gasteiger partial charge in [-0.25, -0.2) is 4.99 Å². The van der Waals surface area contributed by atoms with E-state index in [1.165, 1.54) is 27.1 Å². The number of nitrogens with zero attached hydrogens (tertiary/aromatic N) is 1. The average molecular weight is 424 g/mol. The number of amides is 1. The second kappa shape index (κ2) is 7.43. The van der Waals surface area contributed by atoms with Gasteiger partial charge in [0, 0.05) is 28.9 Å². The normalized spacial score (nSPS) is 14.7. The summed E-state index contributed by atoms with van der Waals surface area (Å²) in [5, 5.41) is 6.62. The lowest BCUT2D eigenvalue weighted by Gasteiger charge is -2.33. The van der Waals surface area contributed by atoms with Gasteiger partial charge < -0.3 is 10.6 Å². The third-order valence-electron chi connectivity index (χ3n) is 5.24. The maximum absolute atomic E-state index is 11.7. The number of carbonyl (C=O) groups excluding carboxylic acids is 1. The van der Waals surface area contributed by atoms with Crippen LogP contribution in [0.15, 0.2) is 41.4 Å². The number of hydrogen-bond acceptors (Lipinski definition) is 5. The molecule has 150 valence electrons. The van der Waals surface area contributed by atoms with E-state index in [1.807, 2.05) is 31.2 Å². The molecule has 1 aromatic heterocycles. The lowest BCUT2D eigenvalue weighted by molar-refractivity contribution is -0.115. The fraction of sp³-hybridized carbons (Fsp3) is 0.304. The Morgan fingerprint density at radius 3 is 2.66 bits per heavy atom. The van der Waals surface area contributed by atoms with Crippen LogP contribution in [0.2, 0.25) is 0 Å². The molecule has 2 heterocycles. The molecule has 0 radical (unpaired) electrons. The van der Waals surface area contributed by atoms with Crippen molar-refractivity contribution >= 4 is 43.7 Å². The van der Waals surface area contributed by atoms with E-state index in [0.29, 0.717) is 6.42 Å². The van der Waals surface area contributed by atoms with Crippen molar-refractivity contribution in [3.63, 3.8) is 0 Å². The number of aryl methyl sites for hydroxylation is 2. The van der Waals surface area contributed by atoms with Gasteiger partial charge in [0.25, 0.3) is 0 Å². The molecule has 4 nitrogen and oxygen atoms in total. The molecule has 1 aliphatic rings. The van der Waals surface area contributed by atoms with Crippen molar-refractivity contribution in [1.29, 1.82) is 0 Å². The molecule has 29 heavy (non-hydrogen) atoms. The first-order chi connectivity index (χ1) is 13.8. The molecular formula is C23H25N3OS2. The monoisotopic (exact) mass is 423 g/mol. The van der Waals surface area contributed by atoms with Gasteiger partial charge in [0.15, 0.2) is 0 Å². The van der Waals surface area contributed by atoms with Gasteiger partial charge in [-0.2, -0.15) is 0 Å². The van der Waals surface area contributed by atoms with Crippen molar-refractivity contribution in [2.45, 2.75) is 46.6 Å². The molecule has 0 spiro atoms. The summed E-state index contributed by atoms with van der Waals surface area (Å²) in [6, 6.07) is 12.2. The van der Waals surface area contributed by atoms with Gasteiger partial charge in [-0.15, -0.1) is 0 Å². The Bertz CT molecular complexity index is 1170. The van der Waals surface area contributed by atoms with Crippen LogP contribution in [0.4, 0.5) is 17.1 Å². The summed E-state index contributed by atoms with van der Waals surface area (Å²) in [6.45, 7) is 10.6. The summed E-state index contributed by atoms with van der Waals surface area (Å²) < 4.78 is 1.02. The number of hydrogen-bond donors (Lipinski definition) is 2. The van der Waals surface area contributed by atoms with Crippen LogP contribution in [-0.4, -0.2) is 5.91 Å². The summed E-state index contributed by atoms with van der Waals surface area (Å²) in [4.78, 5) is 18.0. The van der Waals surface area contributed by atoms with E-state index in [-0.39, 0.29) is 11.4 Å². The number of anilines is 2. The number of rotatable bonds is 3. The van der Waals surface area contributed by atoms with Crippen LogP contribution in [0.1, 0.15) is 43.2 Å². The number of fused-ring (bicyclic) bond motifs is 3. The summed E-state index contributed by atoms with van der Waals surface area (Å²) in [7, 11) is 3.49. The molecule has 6 heteroatoms. The van der Waals surface area contributed by atoms with Gasteiger partial charge in [0.05, 0.1) is 16.1 Å². The predicted octanol–water partition coefficient (Wildman–Crippen LogP) is 6.33. The molecule has 0 aliphatic carbocycles. The van der Waals surface area contributed by atoms with Crippen LogP contribution in [-0.2, 0) is 10.3 Å². The minimum Gasteiger partial charge on any atom is -0.375 e. The molecule has 0 atom stereocenters. The molecule has 0 saturated heterocycles. The summed E-state index contributed by atoms with van der Waals surface area (Å²) in [6.07, 6.45) is 0.457. The molecule has 2 N–H and O–H groups in total. The van der Waals surface area contributed by atoms with E-state index >= 15 is 0 Å². The summed E-state index contributed by atoms with van der Waals surface area (Å²) in [5.41, 5.74) is 7.65. The zero-order chi connectivity index (χ0) is 20.8. The third-order valence-corrected chi connectivity index (χ3v) is 7.89. The van der Waals surface area contributed by atoms with Crippen LogP contribution in [0.5, 0.6) is 0 Å². The Labute approximate surface area is 178 Å². The largest absolute Gasteiger partial charge is 0.375 e. The minimum atomic E-state index is -0.143. The molecule has 3 aromatic rings. The van der Waals surface area contributed by atoms with Gasteiger partial charge in [-0.3, -0.25) is 4.79 Å². The Kier molecular flexibility index (Phi) is 5.09. The second-order valence-corrected chi connectivity index (χ2v) is 10.1. The Morgan fingerprint density at radius 1 is 1.14 bits per heavy atom. The highest BCUT2D eigenvalue weighted by Crippen LogP contribution is 2.46. The zero-order valence-electron chi connectivity index (χ0n) is 17.3. The van der Waals surface area contributed by atoms with Gasteiger partial charge in [-0.1, -0.05) is 33.7 Å². The zero-order valence-corrected chi connectivity index (χ0v) is 19.0. The molecule has 1 amide bonds. The second-order valence-electron chi connectivity index (χ2n) is 7.97. The maximum Gasteiger partial charge on any atom is 0.224 e. The SMILES string of the molecule is CCC(=O)Nc1cccc(N=c2ssc3c2-c2cc(C)c(C)cc2NC3(C)C)c1. The van der Waals surface area contributed by atoms with E-state index in [9.17, 15) is 4.79 Å². The number of nitrogens with one attached hydrogen (secondary N) is 2. The number of benzene rings is 2. The Balaban J connectivity index is 1.86. The summed E-state index contributed by atoms with van der Waals surface area (Å²) >= 11 is 0. The minimum absolute atomic E-state index is 0.00507. The van der Waals surface area contributed by atoms with Gasteiger partial charge >= 0.3 is 0 Å². The maximum atomic E-state index is 11.7. The molecule has 0 saturated carbocycles. The molecule has 2 aromatic carbocycles. The quantitative estimate of drug-likeness (QED) is 0.483. The first kappa shape index (κ1) is 19.9. The predicted molar refractivity (Wildman–Crippen MR) is 124 cm³/mol. The van der Waals surface area contributed by atoms with E-state index in [0.717, 1.165) is 21.7 Å². The highest BCUT2D eigenvalue weighted by Gasteiger charge is 2.33. The highest BCUT2D eigenvalue weighted by molar-refractivity contribution is 7.68. The van der Waals surface area contributed by atoms with Crippen molar-refractivity contribution in [3.8, 4) is 11.1 Å². The molecule has 1 aliphatic heterocycles. The van der Waals surface area contributed by atoms with Crippen LogP contribution in [0.3, 0.4) is 0 Å². The van der Waals surface area contributed by atoms with Crippen LogP contribution >= 0.6 is 20.7 Å². The first-order valence-electron chi connectivity index (χ1n) is 9.76. The average Bonchev–Trinajstić information content (AvgIpc) is 3.08. The lowest BCUT2D eigenvalue weighted by Crippen LogP contribution is -2.31. The first-order valence-corrected chi connectivity index (χ1v) is 11.9. The fourth-order valence-corrected chi connectivity index (χ4v) is 6.47. The summed E-state index contributed by atoms with van der Waals surface area (Å²) in [5.74, 6) is 0.00507. The van der Waals surface area contributed by atoms with Crippen molar-refractivity contribution in [1.82, 2.24) is 0 Å². The Hall–Kier alpha value is -2.44. The van der Waals surface area contributed by atoms with Crippen molar-refractivity contribution in [2.75, 3.05) is 10.6 Å². The number of carbonyl (C=O) groups is 1. The van der Waals surface area contributed by atoms with E-state index < -0.39 is 0 Å². The van der Waals surface area contributed by atoms with Gasteiger partial charge in [0.2, 0.25) is 5.91 Å².